The molecule has 1 unspecified atom stereocenters. The van der Waals surface area contributed by atoms with E-state index in [-0.39, 0.29) is 39.9 Å². The fourth-order valence-electron chi connectivity index (χ4n) is 4.14. The van der Waals surface area contributed by atoms with Crippen molar-refractivity contribution in [2.75, 3.05) is 18.1 Å². The molecule has 17 heteroatoms. The lowest BCUT2D eigenvalue weighted by molar-refractivity contribution is -0.0669. The second-order valence-electron chi connectivity index (χ2n) is 7.95. The van der Waals surface area contributed by atoms with Crippen molar-refractivity contribution in [1.29, 1.82) is 0 Å². The molecule has 0 aliphatic carbocycles. The standard InChI is InChI=1S/C18H20N5O9PS2/c19-17-20-14-11(15(25)21-17)22(6-7-35(28,29)9-4-2-1-3-5-9)18(34)23(14)16-12(24)13-10(31-16)8-30-33(26,27)32-13/h1-5,10,12-13,16,24H,6-8H2,(H,26,27)(H3,19,20,21,25)/t10-,12-,13-,16-/m1/s1. The van der Waals surface area contributed by atoms with Gasteiger partial charge in [-0.2, -0.15) is 4.98 Å². The van der Waals surface area contributed by atoms with Crippen molar-refractivity contribution in [2.24, 2.45) is 0 Å². The molecule has 14 nitrogen and oxygen atoms in total. The second-order valence-corrected chi connectivity index (χ2v) is 11.8. The Balaban J connectivity index is 1.58. The Morgan fingerprint density at radius 3 is 2.74 bits per heavy atom. The minimum absolute atomic E-state index is 0.0656. The van der Waals surface area contributed by atoms with Crippen LogP contribution in [0.2, 0.25) is 0 Å². The Morgan fingerprint density at radius 2 is 2.03 bits per heavy atom. The lowest BCUT2D eigenvalue weighted by atomic mass is 10.1. The molecule has 4 heterocycles. The molecular weight excluding hydrogens is 525 g/mol. The van der Waals surface area contributed by atoms with Crippen LogP contribution in [-0.2, 0) is 34.7 Å². The first-order valence-corrected chi connectivity index (χ1v) is 13.8. The summed E-state index contributed by atoms with van der Waals surface area (Å²) in [5.41, 5.74) is 4.89. The number of imidazole rings is 1. The zero-order chi connectivity index (χ0) is 25.1. The molecule has 0 amide bonds. The maximum atomic E-state index is 12.8. The Labute approximate surface area is 202 Å². The van der Waals surface area contributed by atoms with Crippen LogP contribution in [0.25, 0.3) is 11.2 Å². The molecule has 1 aromatic carbocycles. The van der Waals surface area contributed by atoms with E-state index in [0.29, 0.717) is 0 Å². The van der Waals surface area contributed by atoms with Gasteiger partial charge < -0.3 is 25.0 Å². The largest absolute Gasteiger partial charge is 0.472 e. The smallest absolute Gasteiger partial charge is 0.386 e. The third kappa shape index (κ3) is 4.25. The monoisotopic (exact) mass is 545 g/mol. The number of phosphoric ester groups is 1. The molecular formula is C18H20N5O9PS2. The number of aliphatic hydroxyl groups excluding tert-OH is 1. The Morgan fingerprint density at radius 1 is 1.31 bits per heavy atom. The summed E-state index contributed by atoms with van der Waals surface area (Å²) in [6, 6.07) is 7.79. The van der Waals surface area contributed by atoms with Crippen LogP contribution in [0.3, 0.4) is 0 Å². The topological polar surface area (TPSA) is 201 Å². The van der Waals surface area contributed by atoms with Gasteiger partial charge in [-0.15, -0.1) is 0 Å². The van der Waals surface area contributed by atoms with E-state index in [1.165, 1.54) is 21.3 Å². The van der Waals surface area contributed by atoms with Crippen LogP contribution >= 0.6 is 20.0 Å². The zero-order valence-electron chi connectivity index (χ0n) is 17.8. The average molecular weight is 545 g/mol. The molecule has 0 radical (unpaired) electrons. The first-order valence-electron chi connectivity index (χ1n) is 10.3. The Kier molecular flexibility index (Phi) is 5.96. The van der Waals surface area contributed by atoms with Crippen LogP contribution in [0.1, 0.15) is 6.23 Å². The third-order valence-corrected chi connectivity index (χ3v) is 8.85. The Bertz CT molecular complexity index is 1570. The van der Waals surface area contributed by atoms with Crippen molar-refractivity contribution in [3.63, 3.8) is 0 Å². The molecule has 0 spiro atoms. The van der Waals surface area contributed by atoms with Crippen molar-refractivity contribution in [1.82, 2.24) is 19.1 Å². The van der Waals surface area contributed by atoms with Gasteiger partial charge in [0.15, 0.2) is 32.0 Å². The fraction of sp³-hybridized carbons (Fsp3) is 0.389. The van der Waals surface area contributed by atoms with Crippen LogP contribution in [0.5, 0.6) is 0 Å². The number of aliphatic hydroxyl groups is 1. The SMILES string of the molecule is Nc1nc2c(c(=O)[nH]1)n(CCS(=O)(=O)c1ccccc1)c(=S)n2[C@@H]1O[C@@H]2COP(=O)(O)O[C@H]2[C@H]1O. The number of nitrogen functional groups attached to an aromatic ring is 1. The quantitative estimate of drug-likeness (QED) is 0.249. The molecule has 2 aliphatic heterocycles. The molecule has 2 fully saturated rings. The molecule has 0 saturated carbocycles. The number of aromatic nitrogens is 4. The molecule has 2 aliphatic rings. The molecule has 5 N–H and O–H groups in total. The predicted molar refractivity (Wildman–Crippen MR) is 123 cm³/mol. The van der Waals surface area contributed by atoms with Gasteiger partial charge >= 0.3 is 7.82 Å². The summed E-state index contributed by atoms with van der Waals surface area (Å²) in [7, 11) is -8.10. The van der Waals surface area contributed by atoms with Crippen LogP contribution in [-0.4, -0.2) is 68.2 Å². The number of rotatable bonds is 5. The van der Waals surface area contributed by atoms with E-state index >= 15 is 0 Å². The van der Waals surface area contributed by atoms with Gasteiger partial charge in [0.1, 0.15) is 18.3 Å². The molecule has 2 saturated heterocycles. The number of phosphoric acid groups is 1. The number of hydrogen-bond donors (Lipinski definition) is 4. The summed E-state index contributed by atoms with van der Waals surface area (Å²) in [6.07, 6.45) is -4.92. The minimum atomic E-state index is -4.38. The van der Waals surface area contributed by atoms with E-state index in [0.717, 1.165) is 0 Å². The highest BCUT2D eigenvalue weighted by molar-refractivity contribution is 7.91. The van der Waals surface area contributed by atoms with E-state index in [4.69, 9.17) is 31.7 Å². The number of ether oxygens (including phenoxy) is 1. The average Bonchev–Trinajstić information content (AvgIpc) is 3.25. The first-order chi connectivity index (χ1) is 16.5. The number of fused-ring (bicyclic) bond motifs is 2. The van der Waals surface area contributed by atoms with Gasteiger partial charge in [0.25, 0.3) is 5.56 Å². The number of nitrogens with two attached hydrogens (primary N) is 1. The maximum absolute atomic E-state index is 12.8. The molecule has 5 rings (SSSR count). The summed E-state index contributed by atoms with van der Waals surface area (Å²) in [4.78, 5) is 29.0. The van der Waals surface area contributed by atoms with E-state index in [1.807, 2.05) is 0 Å². The minimum Gasteiger partial charge on any atom is -0.386 e. The molecule has 5 atom stereocenters. The molecule has 0 bridgehead atoms. The summed E-state index contributed by atoms with van der Waals surface area (Å²) in [5, 5.41) is 10.9. The summed E-state index contributed by atoms with van der Waals surface area (Å²) in [5.74, 6) is -0.636. The lowest BCUT2D eigenvalue weighted by Gasteiger charge is -2.27. The van der Waals surface area contributed by atoms with E-state index in [9.17, 15) is 27.8 Å². The van der Waals surface area contributed by atoms with Gasteiger partial charge in [0, 0.05) is 6.54 Å². The number of hydrogen-bond acceptors (Lipinski definition) is 11. The van der Waals surface area contributed by atoms with Crippen molar-refractivity contribution < 1.29 is 36.8 Å². The van der Waals surface area contributed by atoms with Crippen molar-refractivity contribution in [2.45, 2.75) is 36.0 Å². The van der Waals surface area contributed by atoms with Crippen molar-refractivity contribution >= 4 is 47.0 Å². The number of nitrogens with zero attached hydrogens (tertiary/aromatic N) is 3. The number of sulfone groups is 1. The normalized spacial score (nSPS) is 28.9. The number of H-pyrrole nitrogens is 1. The van der Waals surface area contributed by atoms with Gasteiger partial charge in [0.2, 0.25) is 5.95 Å². The molecule has 3 aromatic rings. The molecule has 2 aromatic heterocycles. The highest BCUT2D eigenvalue weighted by atomic mass is 32.2. The number of anilines is 1. The van der Waals surface area contributed by atoms with E-state index < -0.39 is 53.5 Å². The van der Waals surface area contributed by atoms with E-state index in [2.05, 4.69) is 9.97 Å². The summed E-state index contributed by atoms with van der Waals surface area (Å²) >= 11 is 5.53. The van der Waals surface area contributed by atoms with Crippen molar-refractivity contribution in [3.8, 4) is 0 Å². The van der Waals surface area contributed by atoms with Gasteiger partial charge in [0.05, 0.1) is 17.3 Å². The highest BCUT2D eigenvalue weighted by Gasteiger charge is 2.53. The van der Waals surface area contributed by atoms with Crippen LogP contribution < -0.4 is 11.3 Å². The number of nitrogens with one attached hydrogen (secondary N) is 1. The van der Waals surface area contributed by atoms with Crippen molar-refractivity contribution in [3.05, 3.63) is 45.5 Å². The fourth-order valence-corrected chi connectivity index (χ4v) is 6.71. The second kappa shape index (κ2) is 8.60. The predicted octanol–water partition coefficient (Wildman–Crippen LogP) is 0.0858. The van der Waals surface area contributed by atoms with Crippen LogP contribution in [0, 0.1) is 4.77 Å². The van der Waals surface area contributed by atoms with Gasteiger partial charge in [-0.3, -0.25) is 23.4 Å². The molecule has 35 heavy (non-hydrogen) atoms. The van der Waals surface area contributed by atoms with Crippen LogP contribution in [0.4, 0.5) is 5.95 Å². The number of benzene rings is 1. The Hall–Kier alpha value is -2.43. The molecule has 188 valence electrons. The lowest BCUT2D eigenvalue weighted by Crippen LogP contribution is -2.39. The highest BCUT2D eigenvalue weighted by Crippen LogP contribution is 2.52. The van der Waals surface area contributed by atoms with Gasteiger partial charge in [-0.25, -0.2) is 13.0 Å². The van der Waals surface area contributed by atoms with Gasteiger partial charge in [-0.1, -0.05) is 18.2 Å². The zero-order valence-corrected chi connectivity index (χ0v) is 20.3. The first kappa shape index (κ1) is 24.3. The van der Waals surface area contributed by atoms with Crippen LogP contribution in [0.15, 0.2) is 40.0 Å². The number of aromatic amines is 1. The van der Waals surface area contributed by atoms with E-state index in [1.54, 1.807) is 18.2 Å². The van der Waals surface area contributed by atoms with Gasteiger partial charge in [-0.05, 0) is 24.4 Å². The summed E-state index contributed by atoms with van der Waals surface area (Å²) < 4.78 is 55.4. The maximum Gasteiger partial charge on any atom is 0.472 e. The number of aryl methyl sites for hydroxylation is 1. The summed E-state index contributed by atoms with van der Waals surface area (Å²) in [6.45, 7) is -0.543. The third-order valence-electron chi connectivity index (χ3n) is 5.74.